The Labute approximate surface area is 114 Å². The van der Waals surface area contributed by atoms with E-state index in [1.165, 1.54) is 4.70 Å². The molecule has 6 heteroatoms. The van der Waals surface area contributed by atoms with E-state index in [0.29, 0.717) is 18.3 Å². The van der Waals surface area contributed by atoms with E-state index < -0.39 is 0 Å². The van der Waals surface area contributed by atoms with E-state index in [1.807, 2.05) is 23.6 Å². The summed E-state index contributed by atoms with van der Waals surface area (Å²) in [5.41, 5.74) is 6.83. The van der Waals surface area contributed by atoms with Gasteiger partial charge in [-0.05, 0) is 6.07 Å². The van der Waals surface area contributed by atoms with Gasteiger partial charge in [-0.15, -0.1) is 11.3 Å². The zero-order chi connectivity index (χ0) is 13.2. The number of rotatable bonds is 4. The van der Waals surface area contributed by atoms with E-state index in [2.05, 4.69) is 16.2 Å². The first kappa shape index (κ1) is 12.3. The van der Waals surface area contributed by atoms with Crippen LogP contribution in [0.15, 0.2) is 34.2 Å². The summed E-state index contributed by atoms with van der Waals surface area (Å²) in [6, 6.07) is 7.74. The molecule has 0 fully saturated rings. The average molecular weight is 275 g/mol. The van der Waals surface area contributed by atoms with Crippen LogP contribution in [0.2, 0.25) is 0 Å². The highest BCUT2D eigenvalue weighted by molar-refractivity contribution is 7.17. The van der Waals surface area contributed by atoms with E-state index in [9.17, 15) is 0 Å². The maximum absolute atomic E-state index is 5.88. The molecule has 0 aliphatic heterocycles. The highest BCUT2D eigenvalue weighted by Gasteiger charge is 2.17. The summed E-state index contributed by atoms with van der Waals surface area (Å²) in [4.78, 5) is 4.35. The lowest BCUT2D eigenvalue weighted by Crippen LogP contribution is -2.17. The number of thiophene rings is 1. The number of hydrogen-bond acceptors (Lipinski definition) is 6. The number of ether oxygens (including phenoxy) is 1. The van der Waals surface area contributed by atoms with Crippen molar-refractivity contribution in [1.82, 2.24) is 10.1 Å². The zero-order valence-electron chi connectivity index (χ0n) is 10.4. The van der Waals surface area contributed by atoms with E-state index >= 15 is 0 Å². The van der Waals surface area contributed by atoms with Crippen LogP contribution in [0.4, 0.5) is 0 Å². The van der Waals surface area contributed by atoms with Crippen LogP contribution < -0.4 is 5.73 Å². The van der Waals surface area contributed by atoms with Crippen molar-refractivity contribution < 1.29 is 9.26 Å². The second kappa shape index (κ2) is 5.08. The highest BCUT2D eigenvalue weighted by Crippen LogP contribution is 2.33. The summed E-state index contributed by atoms with van der Waals surface area (Å²) in [6.45, 7) is 0.364. The summed E-state index contributed by atoms with van der Waals surface area (Å²) in [7, 11) is 1.59. The van der Waals surface area contributed by atoms with Crippen molar-refractivity contribution in [2.75, 3.05) is 13.7 Å². The highest BCUT2D eigenvalue weighted by atomic mass is 32.1. The predicted molar refractivity (Wildman–Crippen MR) is 73.9 cm³/mol. The van der Waals surface area contributed by atoms with Crippen LogP contribution >= 0.6 is 11.3 Å². The molecule has 19 heavy (non-hydrogen) atoms. The fourth-order valence-electron chi connectivity index (χ4n) is 1.89. The molecule has 0 aliphatic rings. The van der Waals surface area contributed by atoms with Crippen molar-refractivity contribution in [3.8, 4) is 11.5 Å². The molecule has 98 valence electrons. The Morgan fingerprint density at radius 1 is 1.42 bits per heavy atom. The number of nitrogens with two attached hydrogens (primary N) is 1. The Morgan fingerprint density at radius 3 is 3.11 bits per heavy atom. The van der Waals surface area contributed by atoms with Gasteiger partial charge in [0.25, 0.3) is 5.89 Å². The van der Waals surface area contributed by atoms with Gasteiger partial charge in [-0.3, -0.25) is 0 Å². The Balaban J connectivity index is 1.98. The molecule has 5 nitrogen and oxygen atoms in total. The third-order valence-corrected chi connectivity index (χ3v) is 3.79. The van der Waals surface area contributed by atoms with Gasteiger partial charge in [0.05, 0.1) is 18.2 Å². The molecule has 0 saturated carbocycles. The molecule has 0 saturated heterocycles. The first-order valence-electron chi connectivity index (χ1n) is 5.84. The van der Waals surface area contributed by atoms with Gasteiger partial charge in [0.1, 0.15) is 0 Å². The molecule has 3 rings (SSSR count). The van der Waals surface area contributed by atoms with Crippen LogP contribution in [-0.4, -0.2) is 23.9 Å². The lowest BCUT2D eigenvalue weighted by atomic mass is 10.2. The van der Waals surface area contributed by atoms with Crippen LogP contribution in [0.25, 0.3) is 21.5 Å². The first-order valence-corrected chi connectivity index (χ1v) is 6.72. The number of fused-ring (bicyclic) bond motifs is 1. The molecule has 1 unspecified atom stereocenters. The second-order valence-electron chi connectivity index (χ2n) is 4.17. The number of hydrogen-bond donors (Lipinski definition) is 1. The Hall–Kier alpha value is -1.76. The van der Waals surface area contributed by atoms with Crippen LogP contribution in [0.1, 0.15) is 11.9 Å². The molecule has 1 atom stereocenters. The molecule has 2 heterocycles. The van der Waals surface area contributed by atoms with Gasteiger partial charge in [-0.25, -0.2) is 0 Å². The second-order valence-corrected chi connectivity index (χ2v) is 5.08. The van der Waals surface area contributed by atoms with Gasteiger partial charge in [0.15, 0.2) is 5.82 Å². The summed E-state index contributed by atoms with van der Waals surface area (Å²) in [6.07, 6.45) is 0. The summed E-state index contributed by atoms with van der Waals surface area (Å²) in [5, 5.41) is 7.04. The van der Waals surface area contributed by atoms with Gasteiger partial charge in [0.2, 0.25) is 0 Å². The number of methoxy groups -OCH3 is 1. The third-order valence-electron chi connectivity index (χ3n) is 2.83. The van der Waals surface area contributed by atoms with Crippen LogP contribution in [-0.2, 0) is 4.74 Å². The van der Waals surface area contributed by atoms with Gasteiger partial charge in [-0.1, -0.05) is 23.4 Å². The van der Waals surface area contributed by atoms with Crippen molar-refractivity contribution in [3.05, 3.63) is 35.5 Å². The minimum Gasteiger partial charge on any atom is -0.383 e. The number of benzene rings is 1. The monoisotopic (exact) mass is 275 g/mol. The molecule has 0 bridgehead atoms. The van der Waals surface area contributed by atoms with E-state index in [1.54, 1.807) is 18.4 Å². The Bertz CT molecular complexity index is 692. The fourth-order valence-corrected chi connectivity index (χ4v) is 2.83. The fraction of sp³-hybridized carbons (Fsp3) is 0.231. The lowest BCUT2D eigenvalue weighted by Gasteiger charge is -2.03. The Kier molecular flexibility index (Phi) is 3.29. The van der Waals surface area contributed by atoms with Crippen molar-refractivity contribution in [2.24, 2.45) is 5.73 Å². The molecule has 2 N–H and O–H groups in total. The summed E-state index contributed by atoms with van der Waals surface area (Å²) >= 11 is 1.65. The van der Waals surface area contributed by atoms with Crippen LogP contribution in [0.5, 0.6) is 0 Å². The smallest absolute Gasteiger partial charge is 0.259 e. The Morgan fingerprint density at radius 2 is 2.26 bits per heavy atom. The lowest BCUT2D eigenvalue weighted by molar-refractivity contribution is 0.177. The third kappa shape index (κ3) is 2.25. The normalized spacial score (nSPS) is 12.9. The summed E-state index contributed by atoms with van der Waals surface area (Å²) in [5.74, 6) is 0.964. The van der Waals surface area contributed by atoms with Crippen LogP contribution in [0.3, 0.4) is 0 Å². The molecule has 0 aliphatic carbocycles. The number of aromatic nitrogens is 2. The molecule has 0 spiro atoms. The molecule has 1 aromatic carbocycles. The molecular weight excluding hydrogens is 262 g/mol. The van der Waals surface area contributed by atoms with Gasteiger partial charge >= 0.3 is 0 Å². The maximum Gasteiger partial charge on any atom is 0.259 e. The van der Waals surface area contributed by atoms with Gasteiger partial charge in [-0.2, -0.15) is 4.98 Å². The van der Waals surface area contributed by atoms with E-state index in [4.69, 9.17) is 15.0 Å². The molecule has 0 radical (unpaired) electrons. The van der Waals surface area contributed by atoms with E-state index in [-0.39, 0.29) is 6.04 Å². The van der Waals surface area contributed by atoms with Crippen molar-refractivity contribution in [1.29, 1.82) is 0 Å². The summed E-state index contributed by atoms with van der Waals surface area (Å²) < 4.78 is 11.5. The van der Waals surface area contributed by atoms with E-state index in [0.717, 1.165) is 10.9 Å². The molecule has 0 amide bonds. The average Bonchev–Trinajstić information content (AvgIpc) is 3.05. The molecular formula is C13H13N3O2S. The predicted octanol–water partition coefficient (Wildman–Crippen LogP) is 2.60. The first-order chi connectivity index (χ1) is 9.29. The topological polar surface area (TPSA) is 74.2 Å². The maximum atomic E-state index is 5.88. The minimum absolute atomic E-state index is 0.364. The largest absolute Gasteiger partial charge is 0.383 e. The van der Waals surface area contributed by atoms with Crippen molar-refractivity contribution in [3.63, 3.8) is 0 Å². The van der Waals surface area contributed by atoms with Gasteiger partial charge in [0, 0.05) is 22.6 Å². The molecule has 3 aromatic rings. The van der Waals surface area contributed by atoms with Gasteiger partial charge < -0.3 is 15.0 Å². The number of nitrogens with zero attached hydrogens (tertiary/aromatic N) is 2. The minimum atomic E-state index is -0.368. The molecule has 2 aromatic heterocycles. The van der Waals surface area contributed by atoms with Crippen LogP contribution in [0, 0.1) is 0 Å². The quantitative estimate of drug-likeness (QED) is 0.792. The zero-order valence-corrected chi connectivity index (χ0v) is 11.2. The standard InChI is InChI=1S/C13H13N3O2S/c1-17-6-10(14)12-15-13(18-16-12)9-7-19-11-5-3-2-4-8(9)11/h2-5,7,10H,6,14H2,1H3. The SMILES string of the molecule is COCC(N)c1noc(-c2csc3ccccc23)n1. The van der Waals surface area contributed by atoms with Crippen molar-refractivity contribution in [2.45, 2.75) is 6.04 Å². The van der Waals surface area contributed by atoms with Crippen molar-refractivity contribution >= 4 is 21.4 Å².